The third-order valence-electron chi connectivity index (χ3n) is 4.18. The Bertz CT molecular complexity index is 989. The summed E-state index contributed by atoms with van der Waals surface area (Å²) in [7, 11) is 1.51. The lowest BCUT2D eigenvalue weighted by Gasteiger charge is -2.12. The van der Waals surface area contributed by atoms with E-state index in [2.05, 4.69) is 27.3 Å². The van der Waals surface area contributed by atoms with Crippen LogP contribution in [-0.2, 0) is 6.54 Å². The number of carbonyl (C=O) groups is 1. The number of methoxy groups -OCH3 is 1. The fourth-order valence-corrected chi connectivity index (χ4v) is 2.81. The Morgan fingerprint density at radius 3 is 2.67 bits per heavy atom. The quantitative estimate of drug-likeness (QED) is 0.406. The van der Waals surface area contributed by atoms with Gasteiger partial charge in [-0.15, -0.1) is 0 Å². The summed E-state index contributed by atoms with van der Waals surface area (Å²) >= 11 is 0. The van der Waals surface area contributed by atoms with Gasteiger partial charge in [0.2, 0.25) is 5.95 Å². The van der Waals surface area contributed by atoms with Gasteiger partial charge in [-0.3, -0.25) is 4.68 Å². The van der Waals surface area contributed by atoms with E-state index in [1.54, 1.807) is 29.9 Å². The van der Waals surface area contributed by atoms with E-state index < -0.39 is 5.97 Å². The summed E-state index contributed by atoms with van der Waals surface area (Å²) in [5.74, 6) is 0.292. The lowest BCUT2D eigenvalue weighted by atomic mass is 10.1. The molecule has 10 nitrogen and oxygen atoms in total. The molecular weight excluding hydrogens is 388 g/mol. The first-order valence-corrected chi connectivity index (χ1v) is 9.69. The number of aromatic carboxylic acids is 1. The molecule has 1 aromatic carbocycles. The molecule has 30 heavy (non-hydrogen) atoms. The molecule has 0 saturated heterocycles. The smallest absolute Gasteiger partial charge is 0.335 e. The molecule has 0 radical (unpaired) electrons. The van der Waals surface area contributed by atoms with Gasteiger partial charge in [0, 0.05) is 18.7 Å². The Balaban J connectivity index is 0.00000101. The van der Waals surface area contributed by atoms with Crippen LogP contribution in [-0.4, -0.2) is 56.2 Å². The minimum atomic E-state index is -1.00. The highest BCUT2D eigenvalue weighted by atomic mass is 16.5. The fraction of sp³-hybridized carbons (Fsp3) is 0.400. The molecular formula is C20H28N6O4. The third-order valence-corrected chi connectivity index (χ3v) is 4.18. The number of nitrogens with zero attached hydrogens (tertiary/aromatic N) is 4. The zero-order valence-corrected chi connectivity index (χ0v) is 17.4. The normalized spacial score (nSPS) is 10.4. The highest BCUT2D eigenvalue weighted by molar-refractivity contribution is 5.88. The molecule has 0 spiro atoms. The van der Waals surface area contributed by atoms with Crippen LogP contribution in [0.1, 0.15) is 42.6 Å². The highest BCUT2D eigenvalue weighted by Crippen LogP contribution is 2.26. The minimum absolute atomic E-state index is 0.166. The number of nitrogens with one attached hydrogen (secondary N) is 1. The van der Waals surface area contributed by atoms with Crippen LogP contribution in [0.5, 0.6) is 5.75 Å². The summed E-state index contributed by atoms with van der Waals surface area (Å²) in [5, 5.41) is 24.4. The van der Waals surface area contributed by atoms with Crippen molar-refractivity contribution in [1.29, 1.82) is 0 Å². The van der Waals surface area contributed by atoms with Crippen molar-refractivity contribution in [2.24, 2.45) is 0 Å². The molecule has 5 N–H and O–H groups in total. The van der Waals surface area contributed by atoms with E-state index >= 15 is 0 Å². The first kappa shape index (κ1) is 22.9. The zero-order chi connectivity index (χ0) is 22.1. The first-order valence-electron chi connectivity index (χ1n) is 9.69. The van der Waals surface area contributed by atoms with E-state index in [1.807, 2.05) is 0 Å². The number of carboxylic acid groups (broad SMARTS) is 1. The van der Waals surface area contributed by atoms with E-state index in [4.69, 9.17) is 20.7 Å². The van der Waals surface area contributed by atoms with Crippen molar-refractivity contribution < 1.29 is 19.7 Å². The minimum Gasteiger partial charge on any atom is -0.496 e. The molecule has 0 bridgehead atoms. The summed E-state index contributed by atoms with van der Waals surface area (Å²) in [6, 6.07) is 4.76. The van der Waals surface area contributed by atoms with E-state index in [1.165, 1.54) is 13.2 Å². The van der Waals surface area contributed by atoms with Gasteiger partial charge in [-0.05, 0) is 25.5 Å². The molecule has 2 aromatic heterocycles. The standard InChI is InChI=1S/C18H22N6O3.C2H6O/c1-3-4-7-20-16-15-13(22-18(19)23-16)9-21-24(15)10-12-6-5-11(17(25)26)8-14(12)27-2;1-2-3/h5-6,8-9H,3-4,7,10H2,1-2H3,(H,25,26)(H3,19,20,22,23);3H,2H2,1H3. The molecule has 0 aliphatic rings. The maximum atomic E-state index is 11.2. The Kier molecular flexibility index (Phi) is 8.36. The molecule has 0 amide bonds. The summed E-state index contributed by atoms with van der Waals surface area (Å²) < 4.78 is 7.11. The summed E-state index contributed by atoms with van der Waals surface area (Å²) in [5.41, 5.74) is 8.15. The topological polar surface area (TPSA) is 148 Å². The number of aromatic nitrogens is 4. The average Bonchev–Trinajstić information content (AvgIpc) is 3.11. The maximum Gasteiger partial charge on any atom is 0.335 e. The number of hydrogen-bond donors (Lipinski definition) is 4. The third kappa shape index (κ3) is 5.57. The van der Waals surface area contributed by atoms with Gasteiger partial charge >= 0.3 is 5.97 Å². The van der Waals surface area contributed by atoms with Crippen LogP contribution in [0.25, 0.3) is 11.0 Å². The average molecular weight is 416 g/mol. The number of benzene rings is 1. The largest absolute Gasteiger partial charge is 0.496 e. The SMILES string of the molecule is CCCCNc1nc(N)nc2cnn(Cc3ccc(C(=O)O)cc3OC)c12.CCO. The number of nitrogen functional groups attached to an aromatic ring is 1. The number of hydrogen-bond acceptors (Lipinski definition) is 8. The zero-order valence-electron chi connectivity index (χ0n) is 17.4. The van der Waals surface area contributed by atoms with Crippen molar-refractivity contribution in [3.05, 3.63) is 35.5 Å². The van der Waals surface area contributed by atoms with Gasteiger partial charge in [0.25, 0.3) is 0 Å². The number of carboxylic acids is 1. The summed E-state index contributed by atoms with van der Waals surface area (Å²) in [6.07, 6.45) is 3.70. The van der Waals surface area contributed by atoms with Crippen molar-refractivity contribution in [1.82, 2.24) is 19.7 Å². The van der Waals surface area contributed by atoms with E-state index in [9.17, 15) is 4.79 Å². The van der Waals surface area contributed by atoms with Crippen molar-refractivity contribution in [3.8, 4) is 5.75 Å². The number of fused-ring (bicyclic) bond motifs is 1. The van der Waals surface area contributed by atoms with Crippen LogP contribution in [0.3, 0.4) is 0 Å². The van der Waals surface area contributed by atoms with Gasteiger partial charge in [-0.2, -0.15) is 10.1 Å². The highest BCUT2D eigenvalue weighted by Gasteiger charge is 2.15. The monoisotopic (exact) mass is 416 g/mol. The lowest BCUT2D eigenvalue weighted by Crippen LogP contribution is -2.10. The first-order chi connectivity index (χ1) is 14.4. The van der Waals surface area contributed by atoms with Crippen molar-refractivity contribution in [2.45, 2.75) is 33.2 Å². The second-order valence-corrected chi connectivity index (χ2v) is 6.39. The van der Waals surface area contributed by atoms with Gasteiger partial charge in [0.05, 0.1) is 25.4 Å². The molecule has 162 valence electrons. The molecule has 0 aliphatic heterocycles. The maximum absolute atomic E-state index is 11.2. The van der Waals surface area contributed by atoms with Gasteiger partial charge in [-0.25, -0.2) is 9.78 Å². The van der Waals surface area contributed by atoms with Crippen LogP contribution < -0.4 is 15.8 Å². The predicted molar refractivity (Wildman–Crippen MR) is 115 cm³/mol. The Labute approximate surface area is 174 Å². The number of anilines is 2. The summed E-state index contributed by atoms with van der Waals surface area (Å²) in [4.78, 5) is 19.7. The van der Waals surface area contributed by atoms with E-state index in [0.29, 0.717) is 23.6 Å². The van der Waals surface area contributed by atoms with Gasteiger partial charge in [0.1, 0.15) is 16.8 Å². The molecule has 10 heteroatoms. The van der Waals surface area contributed by atoms with Crippen molar-refractivity contribution >= 4 is 28.8 Å². The van der Waals surface area contributed by atoms with Gasteiger partial charge < -0.3 is 26.0 Å². The van der Waals surface area contributed by atoms with Crippen LogP contribution >= 0.6 is 0 Å². The van der Waals surface area contributed by atoms with Crippen molar-refractivity contribution in [2.75, 3.05) is 31.3 Å². The second kappa shape index (κ2) is 11.0. The Morgan fingerprint density at radius 2 is 2.03 bits per heavy atom. The van der Waals surface area contributed by atoms with E-state index in [-0.39, 0.29) is 18.1 Å². The number of ether oxygens (including phenoxy) is 1. The van der Waals surface area contributed by atoms with Crippen LogP contribution in [0.2, 0.25) is 0 Å². The molecule has 2 heterocycles. The number of rotatable bonds is 8. The molecule has 0 unspecified atom stereocenters. The molecule has 0 atom stereocenters. The fourth-order valence-electron chi connectivity index (χ4n) is 2.81. The predicted octanol–water partition coefficient (Wildman–Crippen LogP) is 2.37. The molecule has 0 saturated carbocycles. The number of unbranched alkanes of at least 4 members (excludes halogenated alkanes) is 1. The van der Waals surface area contributed by atoms with Crippen LogP contribution in [0, 0.1) is 0 Å². The molecule has 0 aliphatic carbocycles. The Morgan fingerprint density at radius 1 is 1.30 bits per heavy atom. The summed E-state index contributed by atoms with van der Waals surface area (Å²) in [6.45, 7) is 5.19. The van der Waals surface area contributed by atoms with Gasteiger partial charge in [0.15, 0.2) is 5.82 Å². The van der Waals surface area contributed by atoms with Crippen molar-refractivity contribution in [3.63, 3.8) is 0 Å². The molecule has 0 fully saturated rings. The second-order valence-electron chi connectivity index (χ2n) is 6.39. The number of nitrogens with two attached hydrogens (primary N) is 1. The molecule has 3 aromatic rings. The van der Waals surface area contributed by atoms with Crippen LogP contribution in [0.15, 0.2) is 24.4 Å². The van der Waals surface area contributed by atoms with Crippen LogP contribution in [0.4, 0.5) is 11.8 Å². The number of aliphatic hydroxyl groups excluding tert-OH is 1. The lowest BCUT2D eigenvalue weighted by molar-refractivity contribution is 0.0696. The van der Waals surface area contributed by atoms with E-state index in [0.717, 1.165) is 30.5 Å². The molecule has 3 rings (SSSR count). The van der Waals surface area contributed by atoms with Gasteiger partial charge in [-0.1, -0.05) is 19.4 Å². The number of aliphatic hydroxyl groups is 1. The Hall–Kier alpha value is -3.40.